The molecule has 0 atom stereocenters. The number of hydroxylamine groups is 1. The maximum absolute atomic E-state index is 5.52. The number of hydrazine groups is 1. The van der Waals surface area contributed by atoms with E-state index in [9.17, 15) is 0 Å². The standard InChI is InChI=1S/C11H14N2O2/c12-13-8-4-7-11(15-13)9-14-10-5-2-1-3-6-10/h1-3,5-7H,4,8-9,12H2. The molecular weight excluding hydrogens is 192 g/mol. The van der Waals surface area contributed by atoms with Gasteiger partial charge in [-0.2, -0.15) is 0 Å². The summed E-state index contributed by atoms with van der Waals surface area (Å²) in [6.45, 7) is 1.13. The van der Waals surface area contributed by atoms with Crippen LogP contribution in [0.1, 0.15) is 6.42 Å². The van der Waals surface area contributed by atoms with Crippen molar-refractivity contribution in [3.63, 3.8) is 0 Å². The summed E-state index contributed by atoms with van der Waals surface area (Å²) < 4.78 is 5.52. The number of rotatable bonds is 3. The average Bonchev–Trinajstić information content (AvgIpc) is 2.28. The van der Waals surface area contributed by atoms with Crippen LogP contribution in [0.15, 0.2) is 42.2 Å². The average molecular weight is 206 g/mol. The summed E-state index contributed by atoms with van der Waals surface area (Å²) in [5.74, 6) is 7.10. The van der Waals surface area contributed by atoms with E-state index in [1.54, 1.807) is 0 Å². The zero-order valence-electron chi connectivity index (χ0n) is 8.43. The lowest BCUT2D eigenvalue weighted by Crippen LogP contribution is -2.35. The van der Waals surface area contributed by atoms with Crippen molar-refractivity contribution in [2.45, 2.75) is 6.42 Å². The SMILES string of the molecule is NN1CCC=C(COc2ccccc2)O1. The highest BCUT2D eigenvalue weighted by atomic mass is 16.7. The van der Waals surface area contributed by atoms with Crippen LogP contribution in [-0.2, 0) is 4.84 Å². The minimum Gasteiger partial charge on any atom is -0.486 e. The quantitative estimate of drug-likeness (QED) is 0.760. The van der Waals surface area contributed by atoms with E-state index in [-0.39, 0.29) is 0 Å². The Bertz CT molecular complexity index is 338. The van der Waals surface area contributed by atoms with E-state index in [1.807, 2.05) is 36.4 Å². The Morgan fingerprint density at radius 3 is 2.87 bits per heavy atom. The van der Waals surface area contributed by atoms with E-state index in [2.05, 4.69) is 0 Å². The van der Waals surface area contributed by atoms with Crippen LogP contribution in [0.5, 0.6) is 5.75 Å². The first-order valence-corrected chi connectivity index (χ1v) is 4.92. The third-order valence-electron chi connectivity index (χ3n) is 2.08. The monoisotopic (exact) mass is 206 g/mol. The van der Waals surface area contributed by atoms with Crippen LogP contribution in [-0.4, -0.2) is 18.3 Å². The minimum absolute atomic E-state index is 0.414. The van der Waals surface area contributed by atoms with Crippen LogP contribution in [0.25, 0.3) is 0 Å². The fourth-order valence-corrected chi connectivity index (χ4v) is 1.34. The Morgan fingerprint density at radius 2 is 2.13 bits per heavy atom. The summed E-state index contributed by atoms with van der Waals surface area (Å²) in [5.41, 5.74) is 0. The van der Waals surface area contributed by atoms with Crippen molar-refractivity contribution in [1.82, 2.24) is 5.17 Å². The summed E-state index contributed by atoms with van der Waals surface area (Å²) in [6, 6.07) is 9.62. The van der Waals surface area contributed by atoms with Gasteiger partial charge in [0.25, 0.3) is 0 Å². The molecule has 1 aromatic carbocycles. The third-order valence-corrected chi connectivity index (χ3v) is 2.08. The molecule has 0 spiro atoms. The summed E-state index contributed by atoms with van der Waals surface area (Å²) in [4.78, 5) is 5.26. The predicted octanol–water partition coefficient (Wildman–Crippen LogP) is 1.46. The van der Waals surface area contributed by atoms with Gasteiger partial charge in [0.2, 0.25) is 0 Å². The summed E-state index contributed by atoms with van der Waals surface area (Å²) in [7, 11) is 0. The van der Waals surface area contributed by atoms with Gasteiger partial charge in [0, 0.05) is 0 Å². The Kier molecular flexibility index (Phi) is 3.22. The number of nitrogens with zero attached hydrogens (tertiary/aromatic N) is 1. The zero-order chi connectivity index (χ0) is 10.5. The van der Waals surface area contributed by atoms with Crippen LogP contribution >= 0.6 is 0 Å². The fraction of sp³-hybridized carbons (Fsp3) is 0.273. The smallest absolute Gasteiger partial charge is 0.159 e. The highest BCUT2D eigenvalue weighted by Crippen LogP contribution is 2.13. The lowest BCUT2D eigenvalue weighted by atomic mass is 10.3. The molecule has 0 aliphatic carbocycles. The lowest BCUT2D eigenvalue weighted by molar-refractivity contribution is -0.136. The molecule has 0 radical (unpaired) electrons. The highest BCUT2D eigenvalue weighted by Gasteiger charge is 2.10. The summed E-state index contributed by atoms with van der Waals surface area (Å²) >= 11 is 0. The lowest BCUT2D eigenvalue weighted by Gasteiger charge is -2.22. The van der Waals surface area contributed by atoms with Crippen LogP contribution in [0.3, 0.4) is 0 Å². The molecule has 0 saturated heterocycles. The minimum atomic E-state index is 0.414. The first-order valence-electron chi connectivity index (χ1n) is 4.92. The van der Waals surface area contributed by atoms with E-state index in [0.29, 0.717) is 6.61 Å². The second kappa shape index (κ2) is 4.82. The first-order chi connectivity index (χ1) is 7.34. The van der Waals surface area contributed by atoms with E-state index in [4.69, 9.17) is 15.4 Å². The maximum atomic E-state index is 5.52. The van der Waals surface area contributed by atoms with Gasteiger partial charge >= 0.3 is 0 Å². The van der Waals surface area contributed by atoms with Crippen molar-refractivity contribution < 1.29 is 9.57 Å². The molecule has 0 saturated carbocycles. The molecule has 1 aromatic rings. The largest absolute Gasteiger partial charge is 0.486 e. The number of benzene rings is 1. The number of hydrogen-bond acceptors (Lipinski definition) is 4. The van der Waals surface area contributed by atoms with Gasteiger partial charge in [-0.15, -0.1) is 0 Å². The van der Waals surface area contributed by atoms with Crippen molar-refractivity contribution in [3.8, 4) is 5.75 Å². The first kappa shape index (κ1) is 10.0. The Labute approximate surface area is 88.8 Å². The van der Waals surface area contributed by atoms with Crippen LogP contribution in [0, 0.1) is 0 Å². The zero-order valence-corrected chi connectivity index (χ0v) is 8.43. The van der Waals surface area contributed by atoms with Crippen molar-refractivity contribution >= 4 is 0 Å². The number of para-hydroxylation sites is 1. The fourth-order valence-electron chi connectivity index (χ4n) is 1.34. The van der Waals surface area contributed by atoms with Crippen molar-refractivity contribution in [1.29, 1.82) is 0 Å². The topological polar surface area (TPSA) is 47.7 Å². The van der Waals surface area contributed by atoms with Crippen LogP contribution < -0.4 is 10.6 Å². The van der Waals surface area contributed by atoms with Gasteiger partial charge in [-0.3, -0.25) is 0 Å². The molecule has 1 heterocycles. The molecule has 2 N–H and O–H groups in total. The molecule has 15 heavy (non-hydrogen) atoms. The van der Waals surface area contributed by atoms with Crippen molar-refractivity contribution in [3.05, 3.63) is 42.2 Å². The van der Waals surface area contributed by atoms with Gasteiger partial charge in [0.05, 0.1) is 6.54 Å². The van der Waals surface area contributed by atoms with Crippen LogP contribution in [0.4, 0.5) is 0 Å². The van der Waals surface area contributed by atoms with Gasteiger partial charge in [-0.25, -0.2) is 5.84 Å². The Morgan fingerprint density at radius 1 is 1.33 bits per heavy atom. The Hall–Kier alpha value is -1.52. The predicted molar refractivity (Wildman–Crippen MR) is 56.6 cm³/mol. The molecular formula is C11H14N2O2. The van der Waals surface area contributed by atoms with Crippen LogP contribution in [0.2, 0.25) is 0 Å². The van der Waals surface area contributed by atoms with Gasteiger partial charge < -0.3 is 9.57 Å². The second-order valence-corrected chi connectivity index (χ2v) is 3.29. The molecule has 0 unspecified atom stereocenters. The van der Waals surface area contributed by atoms with Gasteiger partial charge in [-0.1, -0.05) is 23.4 Å². The van der Waals surface area contributed by atoms with E-state index in [1.165, 1.54) is 5.17 Å². The Balaban J connectivity index is 1.86. The van der Waals surface area contributed by atoms with E-state index >= 15 is 0 Å². The van der Waals surface area contributed by atoms with Gasteiger partial charge in [0.1, 0.15) is 12.4 Å². The number of nitrogens with two attached hydrogens (primary N) is 1. The molecule has 80 valence electrons. The number of ether oxygens (including phenoxy) is 1. The van der Waals surface area contributed by atoms with E-state index in [0.717, 1.165) is 24.5 Å². The summed E-state index contributed by atoms with van der Waals surface area (Å²) in [6.07, 6.45) is 2.89. The molecule has 1 aliphatic heterocycles. The molecule has 2 rings (SSSR count). The van der Waals surface area contributed by atoms with Crippen molar-refractivity contribution in [2.24, 2.45) is 5.84 Å². The molecule has 0 fully saturated rings. The third kappa shape index (κ3) is 2.97. The van der Waals surface area contributed by atoms with Gasteiger partial charge in [-0.05, 0) is 24.6 Å². The highest BCUT2D eigenvalue weighted by molar-refractivity contribution is 5.21. The molecule has 1 aliphatic rings. The summed E-state index contributed by atoms with van der Waals surface area (Å²) in [5, 5.41) is 1.32. The molecule has 0 amide bonds. The van der Waals surface area contributed by atoms with Gasteiger partial charge in [0.15, 0.2) is 5.76 Å². The second-order valence-electron chi connectivity index (χ2n) is 3.29. The number of hydrogen-bond donors (Lipinski definition) is 1. The maximum Gasteiger partial charge on any atom is 0.159 e. The molecule has 0 bridgehead atoms. The molecule has 0 aromatic heterocycles. The normalized spacial score (nSPS) is 16.7. The molecule has 4 heteroatoms. The van der Waals surface area contributed by atoms with Crippen molar-refractivity contribution in [2.75, 3.05) is 13.2 Å². The van der Waals surface area contributed by atoms with E-state index < -0.39 is 0 Å². The molecule has 4 nitrogen and oxygen atoms in total.